The summed E-state index contributed by atoms with van der Waals surface area (Å²) >= 11 is 0. The highest BCUT2D eigenvalue weighted by Gasteiger charge is 1.92. The van der Waals surface area contributed by atoms with Gasteiger partial charge >= 0.3 is 0 Å². The first kappa shape index (κ1) is 9.26. The summed E-state index contributed by atoms with van der Waals surface area (Å²) in [4.78, 5) is 1.99. The van der Waals surface area contributed by atoms with Crippen molar-refractivity contribution in [3.05, 3.63) is 12.4 Å². The molecule has 0 saturated carbocycles. The molecule has 0 aliphatic heterocycles. The first-order chi connectivity index (χ1) is 4.85. The zero-order chi connectivity index (χ0) is 7.82. The van der Waals surface area contributed by atoms with Gasteiger partial charge in [-0.05, 0) is 0 Å². The lowest BCUT2D eigenvalue weighted by atomic mass is 10.5. The van der Waals surface area contributed by atoms with E-state index in [1.807, 2.05) is 4.90 Å². The largest absolute Gasteiger partial charge is 0.403 e. The van der Waals surface area contributed by atoms with E-state index in [9.17, 15) is 0 Å². The van der Waals surface area contributed by atoms with Gasteiger partial charge in [-0.1, -0.05) is 0 Å². The van der Waals surface area contributed by atoms with E-state index in [1.165, 1.54) is 6.20 Å². The molecule has 0 fully saturated rings. The number of rotatable bonds is 5. The van der Waals surface area contributed by atoms with Crippen molar-refractivity contribution in [1.82, 2.24) is 4.90 Å². The molecule has 0 radical (unpaired) electrons. The van der Waals surface area contributed by atoms with E-state index in [1.54, 1.807) is 6.20 Å². The number of nitrogens with zero attached hydrogens (tertiary/aromatic N) is 1. The van der Waals surface area contributed by atoms with Crippen LogP contribution in [0.1, 0.15) is 0 Å². The summed E-state index contributed by atoms with van der Waals surface area (Å²) in [5, 5.41) is 0. The summed E-state index contributed by atoms with van der Waals surface area (Å²) in [5.41, 5.74) is 15.9. The summed E-state index contributed by atoms with van der Waals surface area (Å²) in [5.74, 6) is 0. The molecule has 6 N–H and O–H groups in total. The Hall–Kier alpha value is -0.740. The fourth-order valence-electron chi connectivity index (χ4n) is 0.714. The fourth-order valence-corrected chi connectivity index (χ4v) is 0.714. The molecule has 4 nitrogen and oxygen atoms in total. The molecule has 0 spiro atoms. The second-order valence-electron chi connectivity index (χ2n) is 1.95. The fraction of sp³-hybridized carbons (Fsp3) is 0.667. The average molecular weight is 144 g/mol. The Morgan fingerprint density at radius 1 is 1.10 bits per heavy atom. The monoisotopic (exact) mass is 144 g/mol. The molecule has 10 heavy (non-hydrogen) atoms. The van der Waals surface area contributed by atoms with E-state index in [2.05, 4.69) is 0 Å². The molecule has 0 rings (SSSR count). The summed E-state index contributed by atoms with van der Waals surface area (Å²) in [6.45, 7) is 2.88. The predicted molar refractivity (Wildman–Crippen MR) is 43.0 cm³/mol. The third-order valence-corrected chi connectivity index (χ3v) is 1.13. The lowest BCUT2D eigenvalue weighted by Gasteiger charge is -2.17. The van der Waals surface area contributed by atoms with Gasteiger partial charge in [0.25, 0.3) is 0 Å². The van der Waals surface area contributed by atoms with Crippen molar-refractivity contribution in [1.29, 1.82) is 0 Å². The predicted octanol–water partition coefficient (Wildman–Crippen LogP) is -1.36. The van der Waals surface area contributed by atoms with Crippen LogP contribution in [0.5, 0.6) is 0 Å². The molecule has 0 heterocycles. The summed E-state index contributed by atoms with van der Waals surface area (Å²) < 4.78 is 0. The standard InChI is InChI=1S/C6H16N4/c7-1-4-10(5-2-8)6-3-9/h1,4H,2-3,5-9H2. The van der Waals surface area contributed by atoms with Gasteiger partial charge in [0.1, 0.15) is 0 Å². The Bertz CT molecular complexity index is 85.7. The van der Waals surface area contributed by atoms with Crippen molar-refractivity contribution in [2.75, 3.05) is 26.2 Å². The molecule has 0 aromatic rings. The molecular weight excluding hydrogens is 128 g/mol. The number of hydrogen-bond acceptors (Lipinski definition) is 4. The Morgan fingerprint density at radius 2 is 1.60 bits per heavy atom. The van der Waals surface area contributed by atoms with Crippen molar-refractivity contribution < 1.29 is 0 Å². The molecule has 4 heteroatoms. The Morgan fingerprint density at radius 3 is 1.90 bits per heavy atom. The Kier molecular flexibility index (Phi) is 5.91. The van der Waals surface area contributed by atoms with Crippen LogP contribution in [0.15, 0.2) is 12.4 Å². The first-order valence-corrected chi connectivity index (χ1v) is 3.37. The van der Waals surface area contributed by atoms with Gasteiger partial charge in [-0.15, -0.1) is 0 Å². The first-order valence-electron chi connectivity index (χ1n) is 3.37. The molecule has 60 valence electrons. The molecule has 0 amide bonds. The Balaban J connectivity index is 3.50. The van der Waals surface area contributed by atoms with E-state index < -0.39 is 0 Å². The SMILES string of the molecule is NC=CN(CCN)CCN. The minimum absolute atomic E-state index is 0.629. The molecule has 0 unspecified atom stereocenters. The van der Waals surface area contributed by atoms with Crippen LogP contribution in [0.25, 0.3) is 0 Å². The van der Waals surface area contributed by atoms with Crippen molar-refractivity contribution >= 4 is 0 Å². The Labute approximate surface area is 61.7 Å². The minimum atomic E-state index is 0.629. The zero-order valence-electron chi connectivity index (χ0n) is 6.16. The van der Waals surface area contributed by atoms with Crippen LogP contribution in [0.3, 0.4) is 0 Å². The van der Waals surface area contributed by atoms with Crippen molar-refractivity contribution in [2.45, 2.75) is 0 Å². The smallest absolute Gasteiger partial charge is 0.0296 e. The zero-order valence-corrected chi connectivity index (χ0v) is 6.16. The molecule has 0 aromatic carbocycles. The maximum Gasteiger partial charge on any atom is 0.0296 e. The normalized spacial score (nSPS) is 10.6. The second kappa shape index (κ2) is 6.38. The van der Waals surface area contributed by atoms with Crippen LogP contribution in [0, 0.1) is 0 Å². The topological polar surface area (TPSA) is 81.3 Å². The molecule has 0 saturated heterocycles. The van der Waals surface area contributed by atoms with E-state index in [0.717, 1.165) is 13.1 Å². The molecule has 0 aliphatic rings. The van der Waals surface area contributed by atoms with Crippen LogP contribution in [0.2, 0.25) is 0 Å². The van der Waals surface area contributed by atoms with Crippen LogP contribution in [0.4, 0.5) is 0 Å². The van der Waals surface area contributed by atoms with Crippen molar-refractivity contribution in [3.8, 4) is 0 Å². The van der Waals surface area contributed by atoms with E-state index in [-0.39, 0.29) is 0 Å². The molecule has 0 aliphatic carbocycles. The van der Waals surface area contributed by atoms with Crippen molar-refractivity contribution in [3.63, 3.8) is 0 Å². The quantitative estimate of drug-likeness (QED) is 0.445. The molecular formula is C6H16N4. The molecule has 0 aromatic heterocycles. The van der Waals surface area contributed by atoms with E-state index >= 15 is 0 Å². The van der Waals surface area contributed by atoms with Gasteiger partial charge in [-0.25, -0.2) is 0 Å². The summed E-state index contributed by atoms with van der Waals surface area (Å²) in [6, 6.07) is 0. The minimum Gasteiger partial charge on any atom is -0.403 e. The number of nitrogens with two attached hydrogens (primary N) is 3. The van der Waals surface area contributed by atoms with E-state index in [0.29, 0.717) is 13.1 Å². The van der Waals surface area contributed by atoms with Crippen LogP contribution in [-0.2, 0) is 0 Å². The van der Waals surface area contributed by atoms with Crippen molar-refractivity contribution in [2.24, 2.45) is 17.2 Å². The maximum atomic E-state index is 5.33. The summed E-state index contributed by atoms with van der Waals surface area (Å²) in [6.07, 6.45) is 3.28. The van der Waals surface area contributed by atoms with Crippen LogP contribution >= 0.6 is 0 Å². The third-order valence-electron chi connectivity index (χ3n) is 1.13. The molecule has 0 bridgehead atoms. The van der Waals surface area contributed by atoms with Crippen LogP contribution < -0.4 is 17.2 Å². The van der Waals surface area contributed by atoms with Gasteiger partial charge < -0.3 is 22.1 Å². The molecule has 0 atom stereocenters. The lowest BCUT2D eigenvalue weighted by Crippen LogP contribution is -2.29. The van der Waals surface area contributed by atoms with Gasteiger partial charge in [0.05, 0.1) is 0 Å². The van der Waals surface area contributed by atoms with Gasteiger partial charge in [0.2, 0.25) is 0 Å². The maximum absolute atomic E-state index is 5.33. The van der Waals surface area contributed by atoms with E-state index in [4.69, 9.17) is 17.2 Å². The average Bonchev–Trinajstić information content (AvgIpc) is 1.90. The summed E-state index contributed by atoms with van der Waals surface area (Å²) in [7, 11) is 0. The van der Waals surface area contributed by atoms with Gasteiger partial charge in [0.15, 0.2) is 0 Å². The highest BCUT2D eigenvalue weighted by molar-refractivity contribution is 4.77. The second-order valence-corrected chi connectivity index (χ2v) is 1.95. The van der Waals surface area contributed by atoms with Gasteiger partial charge in [-0.2, -0.15) is 0 Å². The highest BCUT2D eigenvalue weighted by Crippen LogP contribution is 1.84. The highest BCUT2D eigenvalue weighted by atomic mass is 15.1. The third kappa shape index (κ3) is 4.17. The lowest BCUT2D eigenvalue weighted by molar-refractivity contribution is 0.394. The van der Waals surface area contributed by atoms with Gasteiger partial charge in [0, 0.05) is 38.6 Å². The number of hydrogen-bond donors (Lipinski definition) is 3. The van der Waals surface area contributed by atoms with Gasteiger partial charge in [-0.3, -0.25) is 0 Å². The van der Waals surface area contributed by atoms with Crippen LogP contribution in [-0.4, -0.2) is 31.1 Å².